The Labute approximate surface area is 106 Å². The average Bonchev–Trinajstić information content (AvgIpc) is 2.37. The van der Waals surface area contributed by atoms with Crippen molar-refractivity contribution in [3.8, 4) is 5.75 Å². The Bertz CT molecular complexity index is 509. The van der Waals surface area contributed by atoms with E-state index in [2.05, 4.69) is 4.74 Å². The average molecular weight is 276 g/mol. The van der Waals surface area contributed by atoms with Crippen LogP contribution < -0.4 is 10.5 Å². The molecule has 0 fully saturated rings. The van der Waals surface area contributed by atoms with Crippen molar-refractivity contribution in [2.75, 3.05) is 13.7 Å². The lowest BCUT2D eigenvalue weighted by molar-refractivity contribution is -0.387. The highest BCUT2D eigenvalue weighted by atomic mass is 19.1. The molecule has 0 saturated heterocycles. The molecule has 0 spiro atoms. The summed E-state index contributed by atoms with van der Waals surface area (Å²) in [6.07, 6.45) is -1.33. The Morgan fingerprint density at radius 1 is 1.47 bits per heavy atom. The second-order valence-corrected chi connectivity index (χ2v) is 3.36. The molecule has 0 aliphatic rings. The number of methoxy groups -OCH3 is 1. The molecule has 0 heterocycles. The zero-order chi connectivity index (χ0) is 14.6. The van der Waals surface area contributed by atoms with E-state index >= 15 is 0 Å². The van der Waals surface area contributed by atoms with Crippen LogP contribution in [0.1, 0.15) is 0 Å². The van der Waals surface area contributed by atoms with Gasteiger partial charge in [-0.05, 0) is 0 Å². The van der Waals surface area contributed by atoms with Gasteiger partial charge in [-0.25, -0.2) is 9.18 Å². The Balaban J connectivity index is 3.05. The van der Waals surface area contributed by atoms with Gasteiger partial charge in [0.15, 0.2) is 11.6 Å². The third-order valence-corrected chi connectivity index (χ3v) is 2.15. The first-order valence-electron chi connectivity index (χ1n) is 4.98. The topological polar surface area (TPSA) is 105 Å². The molecule has 7 nitrogen and oxygen atoms in total. The number of carbonyl (C=O) groups is 1. The molecule has 1 atom stereocenters. The maximum atomic E-state index is 13.5. The van der Waals surface area contributed by atoms with Crippen molar-refractivity contribution >= 4 is 11.7 Å². The third-order valence-electron chi connectivity index (χ3n) is 2.15. The number of ether oxygens (including phenoxy) is 2. The van der Waals surface area contributed by atoms with E-state index in [1.54, 1.807) is 0 Å². The normalized spacial score (nSPS) is 11.8. The lowest BCUT2D eigenvalue weighted by atomic mass is 10.2. The number of rotatable bonds is 5. The number of carbonyl (C=O) groups excluding carboxylic acids is 1. The molecule has 0 saturated carbocycles. The molecular weight excluding hydrogens is 266 g/mol. The van der Waals surface area contributed by atoms with Gasteiger partial charge < -0.3 is 15.2 Å². The van der Waals surface area contributed by atoms with Crippen molar-refractivity contribution in [2.24, 2.45) is 5.73 Å². The van der Waals surface area contributed by atoms with Gasteiger partial charge in [-0.2, -0.15) is 4.39 Å². The molecule has 0 radical (unpaired) electrons. The van der Waals surface area contributed by atoms with Crippen molar-refractivity contribution in [1.82, 2.24) is 0 Å². The second kappa shape index (κ2) is 6.05. The van der Waals surface area contributed by atoms with Crippen molar-refractivity contribution < 1.29 is 28.0 Å². The maximum absolute atomic E-state index is 13.5. The zero-order valence-corrected chi connectivity index (χ0v) is 9.76. The van der Waals surface area contributed by atoms with Gasteiger partial charge in [0.25, 0.3) is 0 Å². The molecule has 1 aromatic rings. The van der Waals surface area contributed by atoms with Gasteiger partial charge in [-0.1, -0.05) is 0 Å². The summed E-state index contributed by atoms with van der Waals surface area (Å²) in [7, 11) is 1.07. The number of benzene rings is 1. The minimum atomic E-state index is -1.33. The molecule has 1 aromatic carbocycles. The van der Waals surface area contributed by atoms with Crippen LogP contribution >= 0.6 is 0 Å². The van der Waals surface area contributed by atoms with Gasteiger partial charge in [0.1, 0.15) is 0 Å². The van der Waals surface area contributed by atoms with E-state index in [1.807, 2.05) is 0 Å². The Morgan fingerprint density at radius 3 is 2.58 bits per heavy atom. The minimum Gasteiger partial charge on any atom is -0.474 e. The fraction of sp³-hybridized carbons (Fsp3) is 0.300. The van der Waals surface area contributed by atoms with E-state index in [-0.39, 0.29) is 6.54 Å². The summed E-state index contributed by atoms with van der Waals surface area (Å²) in [5.41, 5.74) is 4.18. The third kappa shape index (κ3) is 3.35. The summed E-state index contributed by atoms with van der Waals surface area (Å²) in [5, 5.41) is 10.4. The maximum Gasteiger partial charge on any atom is 0.348 e. The minimum absolute atomic E-state index is 0.329. The second-order valence-electron chi connectivity index (χ2n) is 3.36. The van der Waals surface area contributed by atoms with E-state index in [0.717, 1.165) is 7.11 Å². The van der Waals surface area contributed by atoms with Crippen LogP contribution in [0.3, 0.4) is 0 Å². The van der Waals surface area contributed by atoms with Gasteiger partial charge in [-0.15, -0.1) is 0 Å². The highest BCUT2D eigenvalue weighted by molar-refractivity contribution is 5.75. The summed E-state index contributed by atoms with van der Waals surface area (Å²) in [6.45, 7) is -0.329. The number of nitro groups is 1. The lowest BCUT2D eigenvalue weighted by Crippen LogP contribution is -2.36. The quantitative estimate of drug-likeness (QED) is 0.483. The van der Waals surface area contributed by atoms with Gasteiger partial charge >= 0.3 is 11.7 Å². The smallest absolute Gasteiger partial charge is 0.348 e. The number of hydrogen-bond donors (Lipinski definition) is 1. The summed E-state index contributed by atoms with van der Waals surface area (Å²) in [5.74, 6) is -4.01. The highest BCUT2D eigenvalue weighted by Gasteiger charge is 2.24. The first kappa shape index (κ1) is 14.8. The van der Waals surface area contributed by atoms with Crippen molar-refractivity contribution in [2.45, 2.75) is 6.10 Å². The number of nitrogens with zero attached hydrogens (tertiary/aromatic N) is 1. The monoisotopic (exact) mass is 276 g/mol. The molecule has 19 heavy (non-hydrogen) atoms. The van der Waals surface area contributed by atoms with Crippen LogP contribution in [-0.2, 0) is 9.53 Å². The predicted molar refractivity (Wildman–Crippen MR) is 58.5 cm³/mol. The Hall–Kier alpha value is -2.29. The van der Waals surface area contributed by atoms with Crippen LogP contribution in [0.25, 0.3) is 0 Å². The number of esters is 1. The number of hydrogen-bond acceptors (Lipinski definition) is 6. The van der Waals surface area contributed by atoms with Crippen molar-refractivity contribution in [3.63, 3.8) is 0 Å². The van der Waals surface area contributed by atoms with Crippen LogP contribution in [0.2, 0.25) is 0 Å². The molecule has 0 aromatic heterocycles. The van der Waals surface area contributed by atoms with E-state index in [1.165, 1.54) is 0 Å². The van der Waals surface area contributed by atoms with Crippen LogP contribution in [0.4, 0.5) is 14.5 Å². The summed E-state index contributed by atoms with van der Waals surface area (Å²) in [6, 6.07) is 0.828. The van der Waals surface area contributed by atoms with Gasteiger partial charge in [-0.3, -0.25) is 10.1 Å². The van der Waals surface area contributed by atoms with E-state index < -0.39 is 40.1 Å². The predicted octanol–water partition coefficient (Wildman–Crippen LogP) is 0.752. The molecule has 1 unspecified atom stereocenters. The number of nitrogens with two attached hydrogens (primary N) is 1. The molecule has 9 heteroatoms. The standard InChI is InChI=1S/C10H10F2N2O5/c1-18-10(15)9(4-13)19-8-3-5(11)7(14(16)17)2-6(8)12/h2-3,9H,4,13H2,1H3. The van der Waals surface area contributed by atoms with Crippen molar-refractivity contribution in [3.05, 3.63) is 33.9 Å². The van der Waals surface area contributed by atoms with Gasteiger partial charge in [0, 0.05) is 12.6 Å². The number of halogens is 2. The Morgan fingerprint density at radius 2 is 2.11 bits per heavy atom. The van der Waals surface area contributed by atoms with Gasteiger partial charge in [0.2, 0.25) is 11.9 Å². The largest absolute Gasteiger partial charge is 0.474 e. The fourth-order valence-corrected chi connectivity index (χ4v) is 1.23. The summed E-state index contributed by atoms with van der Waals surface area (Å²) in [4.78, 5) is 20.5. The first-order chi connectivity index (χ1) is 8.90. The molecule has 0 amide bonds. The van der Waals surface area contributed by atoms with Gasteiger partial charge in [0.05, 0.1) is 18.1 Å². The molecule has 2 N–H and O–H groups in total. The molecule has 1 rings (SSSR count). The van der Waals surface area contributed by atoms with E-state index in [0.29, 0.717) is 12.1 Å². The molecule has 0 aliphatic carbocycles. The SMILES string of the molecule is COC(=O)C(CN)Oc1cc(F)c([N+](=O)[O-])cc1F. The lowest BCUT2D eigenvalue weighted by Gasteiger charge is -2.15. The first-order valence-corrected chi connectivity index (χ1v) is 4.98. The van der Waals surface area contributed by atoms with E-state index in [9.17, 15) is 23.7 Å². The summed E-state index contributed by atoms with van der Waals surface area (Å²) < 4.78 is 35.9. The Kier molecular flexibility index (Phi) is 4.70. The molecule has 104 valence electrons. The highest BCUT2D eigenvalue weighted by Crippen LogP contribution is 2.27. The molecule has 0 aliphatic heterocycles. The number of nitro benzene ring substituents is 1. The fourth-order valence-electron chi connectivity index (χ4n) is 1.23. The van der Waals surface area contributed by atoms with Crippen LogP contribution in [-0.4, -0.2) is 30.7 Å². The van der Waals surface area contributed by atoms with Crippen LogP contribution in [0.5, 0.6) is 5.75 Å². The zero-order valence-electron chi connectivity index (χ0n) is 9.76. The molecular formula is C10H10F2N2O5. The van der Waals surface area contributed by atoms with Crippen LogP contribution in [0.15, 0.2) is 12.1 Å². The van der Waals surface area contributed by atoms with E-state index in [4.69, 9.17) is 10.5 Å². The van der Waals surface area contributed by atoms with Crippen molar-refractivity contribution in [1.29, 1.82) is 0 Å². The van der Waals surface area contributed by atoms with Crippen LogP contribution in [0, 0.1) is 21.7 Å². The molecule has 0 bridgehead atoms. The summed E-state index contributed by atoms with van der Waals surface area (Å²) >= 11 is 0.